The monoisotopic (exact) mass is 398 g/mol. The molecular formula is C25H22N2O3. The molecule has 0 amide bonds. The second-order valence-corrected chi connectivity index (χ2v) is 8.65. The van der Waals surface area contributed by atoms with Crippen molar-refractivity contribution in [1.29, 1.82) is 0 Å². The van der Waals surface area contributed by atoms with Gasteiger partial charge in [-0.3, -0.25) is 9.36 Å². The third-order valence-corrected chi connectivity index (χ3v) is 7.06. The molecule has 0 unspecified atom stereocenters. The van der Waals surface area contributed by atoms with Crippen molar-refractivity contribution in [2.75, 3.05) is 0 Å². The first-order valence-corrected chi connectivity index (χ1v) is 10.4. The molecule has 0 aliphatic heterocycles. The molecule has 4 aromatic rings. The van der Waals surface area contributed by atoms with Crippen molar-refractivity contribution >= 4 is 10.9 Å². The number of aromatic amines is 1. The normalized spacial score (nSPS) is 22.0. The second-order valence-electron chi connectivity index (χ2n) is 8.65. The van der Waals surface area contributed by atoms with E-state index >= 15 is 0 Å². The van der Waals surface area contributed by atoms with E-state index in [0.717, 1.165) is 34.9 Å². The summed E-state index contributed by atoms with van der Waals surface area (Å²) in [4.78, 5) is 14.8. The van der Waals surface area contributed by atoms with E-state index in [1.165, 1.54) is 10.1 Å². The standard InChI is InChI=1S/C25H22N2O3/c1-13-9-21(28)26-20-12-16(7-8-17(13)20)27-24(29)22-15-10-18(14-5-3-2-4-6-14)19(11-15)23(22)25(27)30/h2-9,12,15,18-19,29-30H,10-11H2,1H3,(H,26,28)/t15-,18+,19-/m1/s1. The number of pyridine rings is 1. The van der Waals surface area contributed by atoms with Gasteiger partial charge in [-0.15, -0.1) is 0 Å². The SMILES string of the molecule is Cc1cc(=O)[nH]c2cc(-n3c(O)c4c(c3O)[C@@H]3C[C@H]4C[C@H]3c3ccccc3)ccc12. The van der Waals surface area contributed by atoms with Crippen molar-refractivity contribution in [2.24, 2.45) is 0 Å². The summed E-state index contributed by atoms with van der Waals surface area (Å²) in [6.07, 6.45) is 1.96. The zero-order valence-corrected chi connectivity index (χ0v) is 16.6. The van der Waals surface area contributed by atoms with Crippen molar-refractivity contribution in [3.05, 3.63) is 87.2 Å². The number of benzene rings is 2. The van der Waals surface area contributed by atoms with Crippen LogP contribution >= 0.6 is 0 Å². The van der Waals surface area contributed by atoms with Crippen molar-refractivity contribution in [3.63, 3.8) is 0 Å². The van der Waals surface area contributed by atoms with Gasteiger partial charge in [0, 0.05) is 22.6 Å². The van der Waals surface area contributed by atoms with Gasteiger partial charge in [0.25, 0.3) is 0 Å². The molecule has 6 rings (SSSR count). The summed E-state index contributed by atoms with van der Waals surface area (Å²) in [7, 11) is 0. The smallest absolute Gasteiger partial charge is 0.248 e. The van der Waals surface area contributed by atoms with Gasteiger partial charge in [0.1, 0.15) is 0 Å². The topological polar surface area (TPSA) is 78.2 Å². The number of hydrogen-bond acceptors (Lipinski definition) is 3. The average molecular weight is 398 g/mol. The summed E-state index contributed by atoms with van der Waals surface area (Å²) in [6.45, 7) is 1.90. The van der Waals surface area contributed by atoms with E-state index in [4.69, 9.17) is 0 Å². The van der Waals surface area contributed by atoms with E-state index in [2.05, 4.69) is 29.2 Å². The molecule has 5 nitrogen and oxygen atoms in total. The Morgan fingerprint density at radius 3 is 2.47 bits per heavy atom. The molecule has 1 saturated carbocycles. The minimum atomic E-state index is -0.163. The van der Waals surface area contributed by atoms with Gasteiger partial charge in [-0.1, -0.05) is 36.4 Å². The van der Waals surface area contributed by atoms with Crippen LogP contribution in [0.1, 0.15) is 52.8 Å². The van der Waals surface area contributed by atoms with Crippen LogP contribution in [0.25, 0.3) is 16.6 Å². The number of aromatic nitrogens is 2. The predicted molar refractivity (Wildman–Crippen MR) is 116 cm³/mol. The first-order chi connectivity index (χ1) is 14.5. The maximum atomic E-state index is 11.9. The number of hydrogen-bond donors (Lipinski definition) is 3. The molecule has 3 atom stereocenters. The van der Waals surface area contributed by atoms with Gasteiger partial charge in [-0.05, 0) is 60.8 Å². The summed E-state index contributed by atoms with van der Waals surface area (Å²) < 4.78 is 1.53. The third-order valence-electron chi connectivity index (χ3n) is 7.06. The van der Waals surface area contributed by atoms with E-state index in [0.29, 0.717) is 17.1 Å². The summed E-state index contributed by atoms with van der Waals surface area (Å²) in [5.74, 6) is 1.06. The highest BCUT2D eigenvalue weighted by atomic mass is 16.3. The zero-order valence-electron chi connectivity index (χ0n) is 16.6. The fourth-order valence-corrected chi connectivity index (χ4v) is 5.82. The number of rotatable bonds is 2. The molecule has 5 heteroatoms. The highest BCUT2D eigenvalue weighted by Crippen LogP contribution is 2.65. The van der Waals surface area contributed by atoms with Gasteiger partial charge in [0.05, 0.1) is 11.2 Å². The molecule has 0 spiro atoms. The Morgan fingerprint density at radius 2 is 1.67 bits per heavy atom. The largest absolute Gasteiger partial charge is 0.494 e. The Bertz CT molecular complexity index is 1370. The molecule has 1 fully saturated rings. The van der Waals surface area contributed by atoms with Gasteiger partial charge in [0.15, 0.2) is 0 Å². The molecule has 2 aliphatic carbocycles. The van der Waals surface area contributed by atoms with Crippen molar-refractivity contribution < 1.29 is 10.2 Å². The Morgan fingerprint density at radius 1 is 0.933 bits per heavy atom. The number of aromatic hydroxyl groups is 2. The molecule has 30 heavy (non-hydrogen) atoms. The van der Waals surface area contributed by atoms with Crippen molar-refractivity contribution in [1.82, 2.24) is 9.55 Å². The van der Waals surface area contributed by atoms with E-state index in [1.54, 1.807) is 6.07 Å². The molecule has 2 aromatic carbocycles. The highest BCUT2D eigenvalue weighted by Gasteiger charge is 2.49. The number of H-pyrrole nitrogens is 1. The minimum absolute atomic E-state index is 0.116. The molecule has 2 bridgehead atoms. The van der Waals surface area contributed by atoms with Crippen LogP contribution in [0.5, 0.6) is 11.8 Å². The maximum Gasteiger partial charge on any atom is 0.248 e. The lowest BCUT2D eigenvalue weighted by molar-refractivity contribution is 0.394. The summed E-state index contributed by atoms with van der Waals surface area (Å²) >= 11 is 0. The zero-order chi connectivity index (χ0) is 20.6. The highest BCUT2D eigenvalue weighted by molar-refractivity contribution is 5.84. The van der Waals surface area contributed by atoms with Crippen LogP contribution < -0.4 is 5.56 Å². The summed E-state index contributed by atoms with van der Waals surface area (Å²) in [5, 5.41) is 23.2. The fraction of sp³-hybridized carbons (Fsp3) is 0.240. The molecule has 0 saturated heterocycles. The third kappa shape index (κ3) is 2.26. The molecule has 150 valence electrons. The molecular weight excluding hydrogens is 376 g/mol. The Kier molecular flexibility index (Phi) is 3.49. The second kappa shape index (κ2) is 6.02. The van der Waals surface area contributed by atoms with Gasteiger partial charge in [0.2, 0.25) is 17.3 Å². The van der Waals surface area contributed by atoms with Gasteiger partial charge in [-0.25, -0.2) is 0 Å². The first-order valence-electron chi connectivity index (χ1n) is 10.4. The number of nitrogens with one attached hydrogen (secondary N) is 1. The Labute approximate surface area is 173 Å². The quantitative estimate of drug-likeness (QED) is 0.454. The maximum absolute atomic E-state index is 11.9. The minimum Gasteiger partial charge on any atom is -0.494 e. The van der Waals surface area contributed by atoms with Crippen LogP contribution in [0, 0.1) is 6.92 Å². The van der Waals surface area contributed by atoms with Gasteiger partial charge < -0.3 is 15.2 Å². The Balaban J connectivity index is 1.50. The number of nitrogens with zero attached hydrogens (tertiary/aromatic N) is 1. The van der Waals surface area contributed by atoms with E-state index in [-0.39, 0.29) is 29.2 Å². The van der Waals surface area contributed by atoms with Crippen LogP contribution in [-0.4, -0.2) is 19.8 Å². The van der Waals surface area contributed by atoms with Gasteiger partial charge in [-0.2, -0.15) is 0 Å². The van der Waals surface area contributed by atoms with Crippen LogP contribution in [0.4, 0.5) is 0 Å². The molecule has 3 N–H and O–H groups in total. The summed E-state index contributed by atoms with van der Waals surface area (Å²) in [6, 6.07) is 17.6. The Hall–Kier alpha value is -3.47. The van der Waals surface area contributed by atoms with Crippen molar-refractivity contribution in [3.8, 4) is 17.4 Å². The first kappa shape index (κ1) is 17.4. The van der Waals surface area contributed by atoms with Gasteiger partial charge >= 0.3 is 0 Å². The van der Waals surface area contributed by atoms with Crippen LogP contribution in [0.15, 0.2) is 59.4 Å². The van der Waals surface area contributed by atoms with Crippen LogP contribution in [0.3, 0.4) is 0 Å². The molecule has 2 heterocycles. The average Bonchev–Trinajstić information content (AvgIpc) is 3.39. The lowest BCUT2D eigenvalue weighted by Gasteiger charge is -2.22. The fourth-order valence-electron chi connectivity index (χ4n) is 5.82. The van der Waals surface area contributed by atoms with E-state index in [9.17, 15) is 15.0 Å². The van der Waals surface area contributed by atoms with E-state index < -0.39 is 0 Å². The molecule has 0 radical (unpaired) electrons. The molecule has 2 aliphatic rings. The number of fused-ring (bicyclic) bond motifs is 6. The van der Waals surface area contributed by atoms with Crippen LogP contribution in [-0.2, 0) is 0 Å². The lowest BCUT2D eigenvalue weighted by Crippen LogP contribution is -2.07. The predicted octanol–water partition coefficient (Wildman–Crippen LogP) is 4.80. The van der Waals surface area contributed by atoms with Crippen LogP contribution in [0.2, 0.25) is 0 Å². The lowest BCUT2D eigenvalue weighted by atomic mass is 9.81. The van der Waals surface area contributed by atoms with Crippen molar-refractivity contribution in [2.45, 2.75) is 37.5 Å². The van der Waals surface area contributed by atoms with E-state index in [1.807, 2.05) is 31.2 Å². The molecule has 2 aromatic heterocycles. The summed E-state index contributed by atoms with van der Waals surface area (Å²) in [5.41, 5.74) is 5.13. The number of aryl methyl sites for hydroxylation is 1.